The summed E-state index contributed by atoms with van der Waals surface area (Å²) in [5, 5.41) is 28.1. The average molecular weight is 217 g/mol. The van der Waals surface area contributed by atoms with Crippen molar-refractivity contribution in [3.05, 3.63) is 0 Å². The molecule has 0 amide bonds. The molecule has 1 rings (SSSR count). The second kappa shape index (κ2) is 5.55. The number of Topliss-reactive ketones (excluding diaryl/α,β-unsaturated/α-hetero) is 1. The number of hydrogen-bond donors (Lipinski definition) is 3. The Morgan fingerprint density at radius 2 is 2.07 bits per heavy atom. The number of ketones is 1. The highest BCUT2D eigenvalue weighted by atomic mass is 16.3. The van der Waals surface area contributed by atoms with Crippen molar-refractivity contribution in [1.29, 1.82) is 0 Å². The molecule has 88 valence electrons. The Bertz CT molecular complexity index is 221. The van der Waals surface area contributed by atoms with Gasteiger partial charge in [-0.15, -0.1) is 0 Å². The molecular formula is C10H19NO4. The van der Waals surface area contributed by atoms with Gasteiger partial charge in [0, 0.05) is 38.6 Å². The van der Waals surface area contributed by atoms with Gasteiger partial charge in [0.15, 0.2) is 0 Å². The van der Waals surface area contributed by atoms with E-state index in [-0.39, 0.29) is 18.3 Å². The molecule has 0 aliphatic carbocycles. The molecule has 15 heavy (non-hydrogen) atoms. The maximum Gasteiger partial charge on any atom is 0.131 e. The first-order chi connectivity index (χ1) is 7.04. The van der Waals surface area contributed by atoms with Crippen molar-refractivity contribution in [3.8, 4) is 0 Å². The highest BCUT2D eigenvalue weighted by Crippen LogP contribution is 2.17. The number of β-amino-alcohol motifs (C(OH)–C–C–N with tert-alkyl or cyclic N) is 1. The molecule has 0 aromatic carbocycles. The normalized spacial score (nSPS) is 32.9. The third kappa shape index (κ3) is 3.53. The van der Waals surface area contributed by atoms with E-state index in [2.05, 4.69) is 0 Å². The minimum atomic E-state index is -0.858. The maximum atomic E-state index is 10.8. The molecule has 1 saturated heterocycles. The zero-order chi connectivity index (χ0) is 11.4. The molecule has 1 aliphatic rings. The SMILES string of the molecule is CC(=O)CCN1CC(O)C(O)C(CO)C1. The first-order valence-electron chi connectivity index (χ1n) is 5.23. The van der Waals surface area contributed by atoms with Gasteiger partial charge in [0.25, 0.3) is 0 Å². The molecule has 0 bridgehead atoms. The van der Waals surface area contributed by atoms with Gasteiger partial charge in [-0.25, -0.2) is 0 Å². The first-order valence-corrected chi connectivity index (χ1v) is 5.23. The Morgan fingerprint density at radius 1 is 1.40 bits per heavy atom. The standard InChI is InChI=1S/C10H19NO4/c1-7(13)2-3-11-4-8(6-12)10(15)9(14)5-11/h8-10,12,14-15H,2-6H2,1H3. The summed E-state index contributed by atoms with van der Waals surface area (Å²) < 4.78 is 0. The summed E-state index contributed by atoms with van der Waals surface area (Å²) in [7, 11) is 0. The van der Waals surface area contributed by atoms with Crippen molar-refractivity contribution in [3.63, 3.8) is 0 Å². The molecular weight excluding hydrogens is 198 g/mol. The van der Waals surface area contributed by atoms with Crippen LogP contribution in [-0.2, 0) is 4.79 Å². The van der Waals surface area contributed by atoms with E-state index in [4.69, 9.17) is 5.11 Å². The number of rotatable bonds is 4. The van der Waals surface area contributed by atoms with Crippen LogP contribution < -0.4 is 0 Å². The highest BCUT2D eigenvalue weighted by molar-refractivity contribution is 5.75. The van der Waals surface area contributed by atoms with Crippen molar-refractivity contribution in [1.82, 2.24) is 4.90 Å². The number of carbonyl (C=O) groups is 1. The first kappa shape index (κ1) is 12.6. The van der Waals surface area contributed by atoms with Crippen LogP contribution in [0.4, 0.5) is 0 Å². The van der Waals surface area contributed by atoms with Gasteiger partial charge in [-0.3, -0.25) is 9.69 Å². The van der Waals surface area contributed by atoms with Gasteiger partial charge in [0.2, 0.25) is 0 Å². The van der Waals surface area contributed by atoms with Crippen molar-refractivity contribution in [2.45, 2.75) is 25.6 Å². The van der Waals surface area contributed by atoms with Crippen molar-refractivity contribution in [2.75, 3.05) is 26.2 Å². The number of carbonyl (C=O) groups excluding carboxylic acids is 1. The zero-order valence-corrected chi connectivity index (χ0v) is 8.96. The number of nitrogens with zero attached hydrogens (tertiary/aromatic N) is 1. The largest absolute Gasteiger partial charge is 0.396 e. The number of likely N-dealkylation sites (tertiary alicyclic amines) is 1. The number of aliphatic hydroxyl groups is 3. The number of hydrogen-bond acceptors (Lipinski definition) is 5. The van der Waals surface area contributed by atoms with E-state index in [0.29, 0.717) is 26.1 Å². The molecule has 5 nitrogen and oxygen atoms in total. The molecule has 1 fully saturated rings. The predicted molar refractivity (Wildman–Crippen MR) is 54.3 cm³/mol. The lowest BCUT2D eigenvalue weighted by atomic mass is 9.93. The van der Waals surface area contributed by atoms with E-state index in [1.807, 2.05) is 4.90 Å². The number of aliphatic hydroxyl groups excluding tert-OH is 3. The Labute approximate surface area is 89.3 Å². The van der Waals surface area contributed by atoms with Crippen LogP contribution in [0.1, 0.15) is 13.3 Å². The molecule has 0 aromatic rings. The Balaban J connectivity index is 2.44. The molecule has 0 aromatic heterocycles. The van der Waals surface area contributed by atoms with E-state index < -0.39 is 12.2 Å². The third-order valence-electron chi connectivity index (χ3n) is 2.83. The maximum absolute atomic E-state index is 10.8. The molecule has 1 heterocycles. The van der Waals surface area contributed by atoms with E-state index in [1.165, 1.54) is 6.92 Å². The van der Waals surface area contributed by atoms with Crippen LogP contribution >= 0.6 is 0 Å². The van der Waals surface area contributed by atoms with Gasteiger partial charge >= 0.3 is 0 Å². The minimum Gasteiger partial charge on any atom is -0.396 e. The Hall–Kier alpha value is -0.490. The summed E-state index contributed by atoms with van der Waals surface area (Å²) in [6, 6.07) is 0. The summed E-state index contributed by atoms with van der Waals surface area (Å²) in [5.74, 6) is -0.211. The second-order valence-electron chi connectivity index (χ2n) is 4.21. The van der Waals surface area contributed by atoms with Gasteiger partial charge in [-0.1, -0.05) is 0 Å². The van der Waals surface area contributed by atoms with E-state index in [9.17, 15) is 15.0 Å². The summed E-state index contributed by atoms with van der Waals surface area (Å²) >= 11 is 0. The Kier molecular flexibility index (Phi) is 4.66. The lowest BCUT2D eigenvalue weighted by Crippen LogP contribution is -2.53. The smallest absolute Gasteiger partial charge is 0.131 e. The summed E-state index contributed by atoms with van der Waals surface area (Å²) in [4.78, 5) is 12.7. The van der Waals surface area contributed by atoms with E-state index >= 15 is 0 Å². The van der Waals surface area contributed by atoms with E-state index in [0.717, 1.165) is 0 Å². The van der Waals surface area contributed by atoms with Gasteiger partial charge < -0.3 is 15.3 Å². The minimum absolute atomic E-state index is 0.108. The molecule has 3 unspecified atom stereocenters. The topological polar surface area (TPSA) is 81.0 Å². The molecule has 1 aliphatic heterocycles. The van der Waals surface area contributed by atoms with Gasteiger partial charge in [0.05, 0.1) is 12.2 Å². The lowest BCUT2D eigenvalue weighted by Gasteiger charge is -2.38. The van der Waals surface area contributed by atoms with Crippen LogP contribution in [0.3, 0.4) is 0 Å². The lowest BCUT2D eigenvalue weighted by molar-refractivity contribution is -0.118. The fourth-order valence-electron chi connectivity index (χ4n) is 1.86. The third-order valence-corrected chi connectivity index (χ3v) is 2.83. The highest BCUT2D eigenvalue weighted by Gasteiger charge is 2.33. The van der Waals surface area contributed by atoms with Crippen molar-refractivity contribution >= 4 is 5.78 Å². The predicted octanol–water partition coefficient (Wildman–Crippen LogP) is -1.39. The summed E-state index contributed by atoms with van der Waals surface area (Å²) in [6.07, 6.45) is -1.24. The van der Waals surface area contributed by atoms with Crippen molar-refractivity contribution < 1.29 is 20.1 Å². The van der Waals surface area contributed by atoms with Crippen LogP contribution in [0.5, 0.6) is 0 Å². The fraction of sp³-hybridized carbons (Fsp3) is 0.900. The summed E-state index contributed by atoms with van der Waals surface area (Å²) in [6.45, 7) is 2.86. The molecule has 3 N–H and O–H groups in total. The van der Waals surface area contributed by atoms with Crippen LogP contribution in [0.15, 0.2) is 0 Å². The van der Waals surface area contributed by atoms with Gasteiger partial charge in [-0.2, -0.15) is 0 Å². The quantitative estimate of drug-likeness (QED) is 0.540. The molecule has 0 radical (unpaired) electrons. The van der Waals surface area contributed by atoms with Crippen LogP contribution in [0.2, 0.25) is 0 Å². The second-order valence-corrected chi connectivity index (χ2v) is 4.21. The van der Waals surface area contributed by atoms with E-state index in [1.54, 1.807) is 0 Å². The monoisotopic (exact) mass is 217 g/mol. The van der Waals surface area contributed by atoms with Crippen LogP contribution in [0.25, 0.3) is 0 Å². The van der Waals surface area contributed by atoms with Crippen LogP contribution in [0, 0.1) is 5.92 Å². The summed E-state index contributed by atoms with van der Waals surface area (Å²) in [5.41, 5.74) is 0. The van der Waals surface area contributed by atoms with Gasteiger partial charge in [-0.05, 0) is 6.92 Å². The fourth-order valence-corrected chi connectivity index (χ4v) is 1.86. The molecule has 0 spiro atoms. The Morgan fingerprint density at radius 3 is 2.60 bits per heavy atom. The molecule has 0 saturated carbocycles. The molecule has 5 heteroatoms. The molecule has 3 atom stereocenters. The van der Waals surface area contributed by atoms with Crippen LogP contribution in [-0.4, -0.2) is 64.5 Å². The van der Waals surface area contributed by atoms with Gasteiger partial charge in [0.1, 0.15) is 5.78 Å². The zero-order valence-electron chi connectivity index (χ0n) is 8.96. The van der Waals surface area contributed by atoms with Crippen molar-refractivity contribution in [2.24, 2.45) is 5.92 Å². The number of piperidine rings is 1. The average Bonchev–Trinajstić information content (AvgIpc) is 2.19.